The van der Waals surface area contributed by atoms with Gasteiger partial charge in [0.2, 0.25) is 0 Å². The van der Waals surface area contributed by atoms with Crippen molar-refractivity contribution in [2.45, 2.75) is 46.1 Å². The van der Waals surface area contributed by atoms with Crippen LogP contribution in [0.2, 0.25) is 0 Å². The number of halogens is 1. The van der Waals surface area contributed by atoms with Gasteiger partial charge < -0.3 is 14.5 Å². The zero-order chi connectivity index (χ0) is 28.7. The maximum absolute atomic E-state index is 15.4. The first-order valence-electron chi connectivity index (χ1n) is 14.4. The number of aromatic nitrogens is 3. The summed E-state index contributed by atoms with van der Waals surface area (Å²) in [5, 5.41) is 4.67. The van der Waals surface area contributed by atoms with Gasteiger partial charge in [0, 0.05) is 42.6 Å². The Labute approximate surface area is 238 Å². The number of benzene rings is 2. The van der Waals surface area contributed by atoms with Crippen LogP contribution in [0.1, 0.15) is 60.5 Å². The first-order chi connectivity index (χ1) is 19.9. The molecule has 2 atom stereocenters. The van der Waals surface area contributed by atoms with Gasteiger partial charge in [-0.3, -0.25) is 9.59 Å². The molecule has 4 aromatic rings. The van der Waals surface area contributed by atoms with E-state index in [1.54, 1.807) is 29.6 Å². The molecule has 2 aliphatic rings. The molecule has 2 aliphatic heterocycles. The SMILES string of the molecule is CCOC(=O)[C@H]1CCN(c2ccc(-c3cc4nc(C(=O)N5CCc6ccccc6[C@H]5C)cc(CC)n4n3)c(F)c2)C1. The molecule has 41 heavy (non-hydrogen) atoms. The third-order valence-corrected chi connectivity index (χ3v) is 8.34. The molecular weight excluding hydrogens is 521 g/mol. The maximum atomic E-state index is 15.4. The van der Waals surface area contributed by atoms with Crippen LogP contribution in [0.3, 0.4) is 0 Å². The van der Waals surface area contributed by atoms with Crippen molar-refractivity contribution >= 4 is 23.2 Å². The van der Waals surface area contributed by atoms with Gasteiger partial charge >= 0.3 is 5.97 Å². The Hall–Kier alpha value is -4.27. The molecule has 0 unspecified atom stereocenters. The molecule has 1 fully saturated rings. The van der Waals surface area contributed by atoms with Gasteiger partial charge in [-0.15, -0.1) is 0 Å². The third-order valence-electron chi connectivity index (χ3n) is 8.34. The molecule has 0 aliphatic carbocycles. The van der Waals surface area contributed by atoms with Crippen LogP contribution in [-0.2, 0) is 22.4 Å². The maximum Gasteiger partial charge on any atom is 0.310 e. The molecule has 0 spiro atoms. The van der Waals surface area contributed by atoms with E-state index in [1.807, 2.05) is 34.9 Å². The first-order valence-corrected chi connectivity index (χ1v) is 14.4. The van der Waals surface area contributed by atoms with Gasteiger partial charge in [0.15, 0.2) is 5.65 Å². The molecule has 0 saturated carbocycles. The zero-order valence-corrected chi connectivity index (χ0v) is 23.6. The molecule has 0 bridgehead atoms. The van der Waals surface area contributed by atoms with E-state index in [-0.39, 0.29) is 23.8 Å². The van der Waals surface area contributed by atoms with E-state index in [0.29, 0.717) is 61.7 Å². The van der Waals surface area contributed by atoms with Crippen LogP contribution in [0, 0.1) is 11.7 Å². The number of nitrogens with zero attached hydrogens (tertiary/aromatic N) is 5. The molecule has 2 aromatic carbocycles. The second-order valence-electron chi connectivity index (χ2n) is 10.8. The number of ether oxygens (including phenoxy) is 1. The lowest BCUT2D eigenvalue weighted by Crippen LogP contribution is -2.39. The Morgan fingerprint density at radius 1 is 1.07 bits per heavy atom. The van der Waals surface area contributed by atoms with Gasteiger partial charge in [0.25, 0.3) is 5.91 Å². The predicted octanol–water partition coefficient (Wildman–Crippen LogP) is 5.25. The van der Waals surface area contributed by atoms with Gasteiger partial charge in [-0.1, -0.05) is 31.2 Å². The van der Waals surface area contributed by atoms with Crippen molar-refractivity contribution in [1.29, 1.82) is 0 Å². The van der Waals surface area contributed by atoms with Gasteiger partial charge in [-0.25, -0.2) is 13.9 Å². The normalized spacial score (nSPS) is 18.5. The number of anilines is 1. The minimum absolute atomic E-state index is 0.0492. The summed E-state index contributed by atoms with van der Waals surface area (Å²) in [6.07, 6.45) is 2.13. The predicted molar refractivity (Wildman–Crippen MR) is 154 cm³/mol. The molecule has 1 amide bonds. The van der Waals surface area contributed by atoms with E-state index < -0.39 is 5.82 Å². The Kier molecular flexibility index (Phi) is 7.19. The second-order valence-corrected chi connectivity index (χ2v) is 10.8. The van der Waals surface area contributed by atoms with Crippen LogP contribution in [0.15, 0.2) is 54.6 Å². The number of hydrogen-bond donors (Lipinski definition) is 0. The van der Waals surface area contributed by atoms with Crippen LogP contribution in [0.5, 0.6) is 0 Å². The quantitative estimate of drug-likeness (QED) is 0.303. The Morgan fingerprint density at radius 2 is 1.90 bits per heavy atom. The highest BCUT2D eigenvalue weighted by Gasteiger charge is 2.31. The van der Waals surface area contributed by atoms with E-state index in [0.717, 1.165) is 17.8 Å². The van der Waals surface area contributed by atoms with Crippen LogP contribution in [0.4, 0.5) is 10.1 Å². The Balaban J connectivity index is 1.26. The lowest BCUT2D eigenvalue weighted by molar-refractivity contribution is -0.147. The van der Waals surface area contributed by atoms with Crippen molar-refractivity contribution in [3.8, 4) is 11.3 Å². The first kappa shape index (κ1) is 26.9. The number of aryl methyl sites for hydroxylation is 1. The average molecular weight is 556 g/mol. The number of amides is 1. The monoisotopic (exact) mass is 555 g/mol. The van der Waals surface area contributed by atoms with Crippen LogP contribution < -0.4 is 4.90 Å². The lowest BCUT2D eigenvalue weighted by Gasteiger charge is -2.35. The van der Waals surface area contributed by atoms with Crippen LogP contribution >= 0.6 is 0 Å². The van der Waals surface area contributed by atoms with Crippen LogP contribution in [0.25, 0.3) is 16.9 Å². The van der Waals surface area contributed by atoms with Crippen molar-refractivity contribution in [3.05, 3.63) is 82.9 Å². The van der Waals surface area contributed by atoms with Crippen molar-refractivity contribution in [1.82, 2.24) is 19.5 Å². The highest BCUT2D eigenvalue weighted by atomic mass is 19.1. The molecule has 1 saturated heterocycles. The van der Waals surface area contributed by atoms with Gasteiger partial charge in [-0.2, -0.15) is 5.10 Å². The highest BCUT2D eigenvalue weighted by molar-refractivity contribution is 5.93. The van der Waals surface area contributed by atoms with E-state index in [2.05, 4.69) is 29.1 Å². The van der Waals surface area contributed by atoms with Gasteiger partial charge in [0.05, 0.1) is 24.3 Å². The summed E-state index contributed by atoms with van der Waals surface area (Å²) in [5.41, 5.74) is 5.68. The van der Waals surface area contributed by atoms with E-state index in [4.69, 9.17) is 4.74 Å². The van der Waals surface area contributed by atoms with Crippen molar-refractivity contribution in [3.63, 3.8) is 0 Å². The summed E-state index contributed by atoms with van der Waals surface area (Å²) >= 11 is 0. The number of carbonyl (C=O) groups is 2. The average Bonchev–Trinajstić information content (AvgIpc) is 3.65. The molecular formula is C32H34FN5O3. The summed E-state index contributed by atoms with van der Waals surface area (Å²) < 4.78 is 22.3. The summed E-state index contributed by atoms with van der Waals surface area (Å²) in [6.45, 7) is 8.01. The number of rotatable bonds is 6. The van der Waals surface area contributed by atoms with E-state index in [9.17, 15) is 9.59 Å². The topological polar surface area (TPSA) is 80.0 Å². The smallest absolute Gasteiger partial charge is 0.310 e. The summed E-state index contributed by atoms with van der Waals surface area (Å²) in [6, 6.07) is 16.8. The molecule has 0 radical (unpaired) electrons. The molecule has 8 nitrogen and oxygen atoms in total. The minimum atomic E-state index is -0.402. The number of carbonyl (C=O) groups excluding carboxylic acids is 2. The highest BCUT2D eigenvalue weighted by Crippen LogP contribution is 2.32. The number of esters is 1. The second kappa shape index (κ2) is 11.0. The van der Waals surface area contributed by atoms with Crippen molar-refractivity contribution in [2.75, 3.05) is 31.1 Å². The number of hydrogen-bond acceptors (Lipinski definition) is 6. The van der Waals surface area contributed by atoms with E-state index >= 15 is 4.39 Å². The van der Waals surface area contributed by atoms with Gasteiger partial charge in [-0.05, 0) is 68.5 Å². The lowest BCUT2D eigenvalue weighted by atomic mass is 9.93. The van der Waals surface area contributed by atoms with Crippen LogP contribution in [-0.4, -0.2) is 57.6 Å². The van der Waals surface area contributed by atoms with Gasteiger partial charge in [0.1, 0.15) is 11.5 Å². The molecule has 6 rings (SSSR count). The molecule has 4 heterocycles. The standard InChI is InChI=1S/C32H34FN5O3/c1-4-23-17-29(31(39)37-15-13-21-8-6-7-9-25(21)20(37)3)34-30-18-28(35-38(23)30)26-11-10-24(16-27(26)33)36-14-12-22(19-36)32(40)41-5-2/h6-11,16-18,20,22H,4-5,12-15,19H2,1-3H3/t20-,22+/m1/s1. The summed E-state index contributed by atoms with van der Waals surface area (Å²) in [7, 11) is 0. The molecule has 2 aromatic heterocycles. The fourth-order valence-corrected chi connectivity index (χ4v) is 6.08. The fourth-order valence-electron chi connectivity index (χ4n) is 6.08. The Morgan fingerprint density at radius 3 is 2.68 bits per heavy atom. The largest absolute Gasteiger partial charge is 0.466 e. The summed E-state index contributed by atoms with van der Waals surface area (Å²) in [5.74, 6) is -0.919. The summed E-state index contributed by atoms with van der Waals surface area (Å²) in [4.78, 5) is 34.4. The molecule has 212 valence electrons. The molecule has 9 heteroatoms. The van der Waals surface area contributed by atoms with Crippen molar-refractivity contribution in [2.24, 2.45) is 5.92 Å². The third kappa shape index (κ3) is 4.94. The Bertz CT molecular complexity index is 1630. The minimum Gasteiger partial charge on any atom is -0.466 e. The fraction of sp³-hybridized carbons (Fsp3) is 0.375. The molecule has 0 N–H and O–H groups in total. The van der Waals surface area contributed by atoms with Crippen molar-refractivity contribution < 1.29 is 18.7 Å². The van der Waals surface area contributed by atoms with E-state index in [1.165, 1.54) is 17.2 Å². The zero-order valence-electron chi connectivity index (χ0n) is 23.6. The number of fused-ring (bicyclic) bond motifs is 2.